The van der Waals surface area contributed by atoms with Crippen molar-refractivity contribution in [2.24, 2.45) is 5.41 Å². The van der Waals surface area contributed by atoms with Crippen LogP contribution in [-0.2, 0) is 22.9 Å². The summed E-state index contributed by atoms with van der Waals surface area (Å²) < 4.78 is 55.0. The highest BCUT2D eigenvalue weighted by molar-refractivity contribution is 6.03. The predicted octanol–water partition coefficient (Wildman–Crippen LogP) is 5.88. The fourth-order valence-electron chi connectivity index (χ4n) is 4.48. The molecular weight excluding hydrogens is 478 g/mol. The molecule has 2 saturated carbocycles. The van der Waals surface area contributed by atoms with Crippen LogP contribution in [0, 0.1) is 11.2 Å². The fraction of sp³-hybridized carbons (Fsp3) is 0.346. The van der Waals surface area contributed by atoms with Gasteiger partial charge in [0, 0.05) is 29.6 Å². The second kappa shape index (κ2) is 8.18. The number of amides is 1. The molecule has 2 aliphatic carbocycles. The van der Waals surface area contributed by atoms with E-state index in [-0.39, 0.29) is 35.1 Å². The highest BCUT2D eigenvalue weighted by Gasteiger charge is 2.53. The summed E-state index contributed by atoms with van der Waals surface area (Å²) in [6, 6.07) is 6.57. The number of aromatic nitrogens is 2. The molecule has 2 aliphatic rings. The van der Waals surface area contributed by atoms with Gasteiger partial charge in [0.2, 0.25) is 5.91 Å². The van der Waals surface area contributed by atoms with Crippen LogP contribution in [0.25, 0.3) is 11.1 Å². The minimum atomic E-state index is -4.69. The number of aromatic carboxylic acids is 1. The number of carbonyl (C=O) groups excluding carboxylic acids is 1. The first-order valence-corrected chi connectivity index (χ1v) is 11.5. The number of carboxylic acids is 1. The van der Waals surface area contributed by atoms with Crippen molar-refractivity contribution >= 4 is 17.6 Å². The quantitative estimate of drug-likeness (QED) is 0.396. The number of carbonyl (C=O) groups is 2. The van der Waals surface area contributed by atoms with E-state index in [2.05, 4.69) is 17.3 Å². The summed E-state index contributed by atoms with van der Waals surface area (Å²) in [5, 5.41) is 16.7. The summed E-state index contributed by atoms with van der Waals surface area (Å²) in [6.07, 6.45) is 1.46. The number of halogens is 4. The molecule has 1 heterocycles. The van der Waals surface area contributed by atoms with Gasteiger partial charge in [0.05, 0.1) is 22.7 Å². The SMILES string of the molecule is CC1(Cn2cc(-c3ccc(NC(=O)C4(c5ccc(C(F)(F)F)cc5F)CC4)cc3C(=O)O)cn2)CC1. The molecule has 2 fully saturated rings. The van der Waals surface area contributed by atoms with Crippen molar-refractivity contribution in [3.8, 4) is 11.1 Å². The van der Waals surface area contributed by atoms with E-state index in [1.54, 1.807) is 29.2 Å². The monoisotopic (exact) mass is 501 g/mol. The first-order valence-electron chi connectivity index (χ1n) is 11.5. The van der Waals surface area contributed by atoms with Crippen LogP contribution in [0.4, 0.5) is 23.2 Å². The number of hydrogen-bond donors (Lipinski definition) is 2. The van der Waals surface area contributed by atoms with E-state index in [4.69, 9.17) is 0 Å². The van der Waals surface area contributed by atoms with Gasteiger partial charge in [-0.2, -0.15) is 18.3 Å². The second-order valence-electron chi connectivity index (χ2n) is 10.0. The lowest BCUT2D eigenvalue weighted by atomic mass is 9.93. The summed E-state index contributed by atoms with van der Waals surface area (Å²) in [7, 11) is 0. The molecule has 0 bridgehead atoms. The average Bonchev–Trinajstić information content (AvgIpc) is 3.71. The Kier molecular flexibility index (Phi) is 5.46. The molecule has 3 aromatic rings. The zero-order valence-corrected chi connectivity index (χ0v) is 19.3. The number of hydrogen-bond acceptors (Lipinski definition) is 3. The molecule has 0 unspecified atom stereocenters. The van der Waals surface area contributed by atoms with Crippen molar-refractivity contribution in [2.45, 2.75) is 50.7 Å². The molecule has 6 nitrogen and oxygen atoms in total. The van der Waals surface area contributed by atoms with Crippen molar-refractivity contribution in [3.05, 3.63) is 71.3 Å². The van der Waals surface area contributed by atoms with Crippen LogP contribution in [0.5, 0.6) is 0 Å². The minimum absolute atomic E-state index is 0.0458. The molecule has 0 spiro atoms. The van der Waals surface area contributed by atoms with Crippen LogP contribution in [-0.4, -0.2) is 26.8 Å². The van der Waals surface area contributed by atoms with E-state index in [0.717, 1.165) is 31.5 Å². The fourth-order valence-corrected chi connectivity index (χ4v) is 4.48. The standard InChI is InChI=1S/C26H23F4N3O3/c1-24(6-7-24)14-33-13-15(12-31-33)18-4-3-17(11-19(18)22(34)35)32-23(36)25(8-9-25)20-5-2-16(10-21(20)27)26(28,29)30/h2-5,10-13H,6-9,14H2,1H3,(H,32,36)(H,34,35). The Morgan fingerprint density at radius 1 is 1.11 bits per heavy atom. The lowest BCUT2D eigenvalue weighted by Gasteiger charge is -2.18. The topological polar surface area (TPSA) is 84.2 Å². The number of nitrogens with zero attached hydrogens (tertiary/aromatic N) is 2. The van der Waals surface area contributed by atoms with E-state index >= 15 is 0 Å². The Balaban J connectivity index is 1.38. The van der Waals surface area contributed by atoms with Crippen molar-refractivity contribution in [1.29, 1.82) is 0 Å². The summed E-state index contributed by atoms with van der Waals surface area (Å²) in [5.74, 6) is -2.90. The molecule has 2 aromatic carbocycles. The zero-order valence-electron chi connectivity index (χ0n) is 19.3. The maximum Gasteiger partial charge on any atom is 0.416 e. The Morgan fingerprint density at radius 2 is 1.83 bits per heavy atom. The van der Waals surface area contributed by atoms with Crippen molar-refractivity contribution in [3.63, 3.8) is 0 Å². The summed E-state index contributed by atoms with van der Waals surface area (Å²) in [5.41, 5.74) is -1.11. The number of alkyl halides is 3. The number of carboxylic acid groups (broad SMARTS) is 1. The summed E-state index contributed by atoms with van der Waals surface area (Å²) in [6.45, 7) is 2.91. The first kappa shape index (κ1) is 24.0. The van der Waals surface area contributed by atoms with Gasteiger partial charge in [-0.1, -0.05) is 19.1 Å². The van der Waals surface area contributed by atoms with Gasteiger partial charge >= 0.3 is 12.1 Å². The number of benzene rings is 2. The highest BCUT2D eigenvalue weighted by Crippen LogP contribution is 2.50. The molecule has 188 valence electrons. The van der Waals surface area contributed by atoms with E-state index in [9.17, 15) is 32.3 Å². The number of nitrogens with one attached hydrogen (secondary N) is 1. The van der Waals surface area contributed by atoms with Gasteiger partial charge in [-0.05, 0) is 60.9 Å². The third-order valence-electron chi connectivity index (χ3n) is 7.10. The van der Waals surface area contributed by atoms with Crippen molar-refractivity contribution in [2.75, 3.05) is 5.32 Å². The van der Waals surface area contributed by atoms with E-state index < -0.39 is 34.8 Å². The van der Waals surface area contributed by atoms with E-state index in [0.29, 0.717) is 17.2 Å². The summed E-state index contributed by atoms with van der Waals surface area (Å²) in [4.78, 5) is 25.0. The van der Waals surface area contributed by atoms with Crippen LogP contribution >= 0.6 is 0 Å². The second-order valence-corrected chi connectivity index (χ2v) is 10.0. The molecule has 0 atom stereocenters. The Bertz CT molecular complexity index is 1370. The Labute approximate surface area is 203 Å². The smallest absolute Gasteiger partial charge is 0.416 e. The third-order valence-corrected chi connectivity index (χ3v) is 7.10. The Morgan fingerprint density at radius 3 is 2.42 bits per heavy atom. The van der Waals surface area contributed by atoms with Crippen LogP contribution < -0.4 is 5.32 Å². The van der Waals surface area contributed by atoms with Crippen molar-refractivity contribution in [1.82, 2.24) is 9.78 Å². The zero-order chi connectivity index (χ0) is 25.9. The normalized spacial score (nSPS) is 17.5. The molecule has 0 radical (unpaired) electrons. The van der Waals surface area contributed by atoms with Gasteiger partial charge < -0.3 is 10.4 Å². The van der Waals surface area contributed by atoms with Gasteiger partial charge in [-0.15, -0.1) is 0 Å². The first-order chi connectivity index (χ1) is 16.9. The van der Waals surface area contributed by atoms with Crippen LogP contribution in [0.1, 0.15) is 54.1 Å². The van der Waals surface area contributed by atoms with Gasteiger partial charge in [-0.25, -0.2) is 9.18 Å². The maximum atomic E-state index is 14.6. The molecule has 2 N–H and O–H groups in total. The molecule has 0 saturated heterocycles. The molecule has 1 aromatic heterocycles. The van der Waals surface area contributed by atoms with E-state index in [1.807, 2.05) is 0 Å². The average molecular weight is 501 g/mol. The highest BCUT2D eigenvalue weighted by atomic mass is 19.4. The van der Waals surface area contributed by atoms with Gasteiger partial charge in [-0.3, -0.25) is 9.48 Å². The molecule has 1 amide bonds. The number of rotatable bonds is 7. The van der Waals surface area contributed by atoms with Crippen molar-refractivity contribution < 1.29 is 32.3 Å². The van der Waals surface area contributed by atoms with Gasteiger partial charge in [0.1, 0.15) is 5.82 Å². The van der Waals surface area contributed by atoms with Crippen LogP contribution in [0.2, 0.25) is 0 Å². The molecule has 0 aliphatic heterocycles. The molecular formula is C26H23F4N3O3. The molecule has 10 heteroatoms. The largest absolute Gasteiger partial charge is 0.478 e. The summed E-state index contributed by atoms with van der Waals surface area (Å²) >= 11 is 0. The Hall–Kier alpha value is -3.69. The van der Waals surface area contributed by atoms with Gasteiger partial charge in [0.15, 0.2) is 0 Å². The minimum Gasteiger partial charge on any atom is -0.478 e. The number of anilines is 1. The van der Waals surface area contributed by atoms with Gasteiger partial charge in [0.25, 0.3) is 0 Å². The maximum absolute atomic E-state index is 14.6. The lowest BCUT2D eigenvalue weighted by Crippen LogP contribution is -2.29. The van der Waals surface area contributed by atoms with Crippen LogP contribution in [0.15, 0.2) is 48.8 Å². The third kappa shape index (κ3) is 4.47. The van der Waals surface area contributed by atoms with Crippen LogP contribution in [0.3, 0.4) is 0 Å². The van der Waals surface area contributed by atoms with E-state index in [1.165, 1.54) is 6.07 Å². The molecule has 5 rings (SSSR count). The molecule has 36 heavy (non-hydrogen) atoms. The predicted molar refractivity (Wildman–Crippen MR) is 123 cm³/mol. The lowest BCUT2D eigenvalue weighted by molar-refractivity contribution is -0.137.